The predicted octanol–water partition coefficient (Wildman–Crippen LogP) is 13.4. The summed E-state index contributed by atoms with van der Waals surface area (Å²) in [6.45, 7) is 4.19. The predicted molar refractivity (Wildman–Crippen MR) is 227 cm³/mol. The second-order valence-corrected chi connectivity index (χ2v) is 16.0. The standard InChI is InChI=1S/C47H91NO4/c1-3-5-7-9-11-13-15-17-18-19-20-21-22-23-24-25-26-27-28-29-30-32-34-36-38-40-44(50)42-47(52)48-45(43-49)46(51)41-39-37-35-33-31-16-14-12-10-8-6-4-2/h31,33,39,41,44-46,49-51H,3-30,32,34-38,40,42-43H2,1-2H3,(H,48,52)/b33-31+,41-39+. The minimum Gasteiger partial charge on any atom is -0.394 e. The molecule has 52 heavy (non-hydrogen) atoms. The van der Waals surface area contributed by atoms with Gasteiger partial charge in [-0.1, -0.05) is 231 Å². The fraction of sp³-hybridized carbons (Fsp3) is 0.894. The Bertz CT molecular complexity index is 768. The highest BCUT2D eigenvalue weighted by atomic mass is 16.3. The number of rotatable bonds is 42. The van der Waals surface area contributed by atoms with E-state index in [4.69, 9.17) is 0 Å². The highest BCUT2D eigenvalue weighted by molar-refractivity contribution is 5.76. The van der Waals surface area contributed by atoms with Crippen molar-refractivity contribution in [3.8, 4) is 0 Å². The molecule has 3 atom stereocenters. The fourth-order valence-corrected chi connectivity index (χ4v) is 7.18. The van der Waals surface area contributed by atoms with Crippen molar-refractivity contribution < 1.29 is 20.1 Å². The molecule has 0 rings (SSSR count). The van der Waals surface area contributed by atoms with Crippen LogP contribution < -0.4 is 5.32 Å². The molecule has 0 saturated heterocycles. The fourth-order valence-electron chi connectivity index (χ4n) is 7.18. The van der Waals surface area contributed by atoms with Crippen molar-refractivity contribution in [3.05, 3.63) is 24.3 Å². The minimum atomic E-state index is -0.947. The first-order chi connectivity index (χ1) is 25.5. The van der Waals surface area contributed by atoms with Crippen molar-refractivity contribution >= 4 is 5.91 Å². The lowest BCUT2D eigenvalue weighted by molar-refractivity contribution is -0.124. The monoisotopic (exact) mass is 734 g/mol. The third-order valence-electron chi connectivity index (χ3n) is 10.7. The zero-order valence-corrected chi connectivity index (χ0v) is 35.0. The first-order valence-corrected chi connectivity index (χ1v) is 23.1. The Balaban J connectivity index is 3.56. The van der Waals surface area contributed by atoms with Crippen LogP contribution in [0.4, 0.5) is 0 Å². The highest BCUT2D eigenvalue weighted by Gasteiger charge is 2.20. The zero-order valence-electron chi connectivity index (χ0n) is 35.0. The Morgan fingerprint density at radius 3 is 1.23 bits per heavy atom. The van der Waals surface area contributed by atoms with Crippen LogP contribution in [0.25, 0.3) is 0 Å². The molecular formula is C47H91NO4. The summed E-state index contributed by atoms with van der Waals surface area (Å²) in [4.78, 5) is 12.4. The Morgan fingerprint density at radius 2 is 0.827 bits per heavy atom. The third kappa shape index (κ3) is 38.6. The summed E-state index contributed by atoms with van der Waals surface area (Å²) in [5.41, 5.74) is 0. The van der Waals surface area contributed by atoms with Crippen LogP contribution in [0.1, 0.15) is 245 Å². The lowest BCUT2D eigenvalue weighted by Gasteiger charge is -2.21. The number of aliphatic hydroxyl groups excluding tert-OH is 3. The van der Waals surface area contributed by atoms with E-state index >= 15 is 0 Å². The molecule has 1 amide bonds. The summed E-state index contributed by atoms with van der Waals surface area (Å²) in [7, 11) is 0. The van der Waals surface area contributed by atoms with Crippen molar-refractivity contribution in [1.29, 1.82) is 0 Å². The average Bonchev–Trinajstić information content (AvgIpc) is 3.14. The first kappa shape index (κ1) is 50.8. The van der Waals surface area contributed by atoms with Gasteiger partial charge in [-0.3, -0.25) is 4.79 Å². The van der Waals surface area contributed by atoms with Crippen LogP contribution in [-0.2, 0) is 4.79 Å². The molecule has 0 aliphatic rings. The smallest absolute Gasteiger partial charge is 0.222 e. The molecule has 3 unspecified atom stereocenters. The zero-order chi connectivity index (χ0) is 38.0. The molecule has 308 valence electrons. The number of amides is 1. The molecule has 0 aromatic carbocycles. The van der Waals surface area contributed by atoms with Gasteiger partial charge >= 0.3 is 0 Å². The number of unbranched alkanes of at least 4 members (excludes halogenated alkanes) is 31. The van der Waals surface area contributed by atoms with Gasteiger partial charge in [-0.25, -0.2) is 0 Å². The molecule has 0 aliphatic heterocycles. The molecule has 0 fully saturated rings. The van der Waals surface area contributed by atoms with Crippen LogP contribution in [-0.4, -0.2) is 46.1 Å². The summed E-state index contributed by atoms with van der Waals surface area (Å²) in [5, 5.41) is 33.2. The molecule has 0 bridgehead atoms. The van der Waals surface area contributed by atoms with E-state index in [0.717, 1.165) is 32.1 Å². The topological polar surface area (TPSA) is 89.8 Å². The van der Waals surface area contributed by atoms with Crippen molar-refractivity contribution in [2.24, 2.45) is 0 Å². The summed E-state index contributed by atoms with van der Waals surface area (Å²) in [6, 6.07) is -0.756. The molecule has 0 saturated carbocycles. The van der Waals surface area contributed by atoms with Gasteiger partial charge in [-0.15, -0.1) is 0 Å². The van der Waals surface area contributed by atoms with E-state index in [2.05, 4.69) is 31.3 Å². The molecular weight excluding hydrogens is 643 g/mol. The maximum atomic E-state index is 12.4. The van der Waals surface area contributed by atoms with Crippen molar-refractivity contribution in [2.75, 3.05) is 6.61 Å². The van der Waals surface area contributed by atoms with E-state index in [1.807, 2.05) is 6.08 Å². The second-order valence-electron chi connectivity index (χ2n) is 16.0. The quantitative estimate of drug-likeness (QED) is 0.0371. The maximum Gasteiger partial charge on any atom is 0.222 e. The third-order valence-corrected chi connectivity index (χ3v) is 10.7. The van der Waals surface area contributed by atoms with Gasteiger partial charge in [0.1, 0.15) is 0 Å². The normalized spacial score (nSPS) is 13.7. The van der Waals surface area contributed by atoms with E-state index in [0.29, 0.717) is 6.42 Å². The van der Waals surface area contributed by atoms with Crippen molar-refractivity contribution in [3.63, 3.8) is 0 Å². The van der Waals surface area contributed by atoms with Crippen LogP contribution in [0.15, 0.2) is 24.3 Å². The van der Waals surface area contributed by atoms with Gasteiger partial charge in [0.2, 0.25) is 5.91 Å². The summed E-state index contributed by atoms with van der Waals surface area (Å²) >= 11 is 0. The number of hydrogen-bond acceptors (Lipinski definition) is 4. The Kier molecular flexibility index (Phi) is 41.6. The number of hydrogen-bond donors (Lipinski definition) is 4. The molecule has 0 aromatic rings. The van der Waals surface area contributed by atoms with Gasteiger partial charge in [0.25, 0.3) is 0 Å². The van der Waals surface area contributed by atoms with Gasteiger partial charge in [0.15, 0.2) is 0 Å². The molecule has 0 radical (unpaired) electrons. The molecule has 5 nitrogen and oxygen atoms in total. The lowest BCUT2D eigenvalue weighted by Crippen LogP contribution is -2.45. The number of aliphatic hydroxyl groups is 3. The van der Waals surface area contributed by atoms with E-state index in [1.54, 1.807) is 6.08 Å². The van der Waals surface area contributed by atoms with Crippen LogP contribution in [0.2, 0.25) is 0 Å². The van der Waals surface area contributed by atoms with E-state index in [9.17, 15) is 20.1 Å². The Labute approximate surface area is 324 Å². The van der Waals surface area contributed by atoms with Gasteiger partial charge in [-0.05, 0) is 32.1 Å². The molecule has 0 aromatic heterocycles. The molecule has 0 spiro atoms. The van der Waals surface area contributed by atoms with E-state index < -0.39 is 18.2 Å². The highest BCUT2D eigenvalue weighted by Crippen LogP contribution is 2.17. The SMILES string of the molecule is CCCCCCCC/C=C/CC/C=C/C(O)C(CO)NC(=O)CC(O)CCCCCCCCCCCCCCCCCCCCCCCCCCC. The largest absolute Gasteiger partial charge is 0.394 e. The maximum absolute atomic E-state index is 12.4. The van der Waals surface area contributed by atoms with E-state index in [1.165, 1.54) is 186 Å². The summed E-state index contributed by atoms with van der Waals surface area (Å²) in [5.74, 6) is -0.323. The number of carbonyl (C=O) groups is 1. The molecule has 5 heteroatoms. The Hall–Kier alpha value is -1.17. The van der Waals surface area contributed by atoms with Crippen LogP contribution in [0.3, 0.4) is 0 Å². The minimum absolute atomic E-state index is 0.00966. The number of nitrogens with one attached hydrogen (secondary N) is 1. The van der Waals surface area contributed by atoms with E-state index in [-0.39, 0.29) is 18.9 Å². The molecule has 0 aliphatic carbocycles. The molecule has 0 heterocycles. The van der Waals surface area contributed by atoms with Crippen molar-refractivity contribution in [1.82, 2.24) is 5.32 Å². The van der Waals surface area contributed by atoms with Crippen molar-refractivity contribution in [2.45, 2.75) is 263 Å². The number of allylic oxidation sites excluding steroid dienone is 3. The second kappa shape index (κ2) is 42.6. The first-order valence-electron chi connectivity index (χ1n) is 23.1. The molecule has 4 N–H and O–H groups in total. The van der Waals surface area contributed by atoms with Gasteiger partial charge in [-0.2, -0.15) is 0 Å². The Morgan fingerprint density at radius 1 is 0.481 bits per heavy atom. The summed E-state index contributed by atoms with van der Waals surface area (Å²) < 4.78 is 0. The van der Waals surface area contributed by atoms with Gasteiger partial charge in [0.05, 0.1) is 31.3 Å². The van der Waals surface area contributed by atoms with Gasteiger partial charge in [0, 0.05) is 0 Å². The lowest BCUT2D eigenvalue weighted by atomic mass is 10.0. The van der Waals surface area contributed by atoms with Crippen LogP contribution in [0.5, 0.6) is 0 Å². The van der Waals surface area contributed by atoms with Crippen LogP contribution in [0, 0.1) is 0 Å². The van der Waals surface area contributed by atoms with Gasteiger partial charge < -0.3 is 20.6 Å². The average molecular weight is 734 g/mol. The summed E-state index contributed by atoms with van der Waals surface area (Å²) in [6.07, 6.45) is 52.0. The van der Waals surface area contributed by atoms with Crippen LogP contribution >= 0.6 is 0 Å². The number of carbonyl (C=O) groups excluding carboxylic acids is 1.